The van der Waals surface area contributed by atoms with Crippen LogP contribution in [0.25, 0.3) is 0 Å². The minimum Gasteiger partial charge on any atom is -0.496 e. The van der Waals surface area contributed by atoms with Gasteiger partial charge in [-0.05, 0) is 31.4 Å². The summed E-state index contributed by atoms with van der Waals surface area (Å²) in [5.41, 5.74) is 0.486. The molecule has 0 saturated carbocycles. The van der Waals surface area contributed by atoms with Crippen LogP contribution in [0.1, 0.15) is 25.3 Å². The van der Waals surface area contributed by atoms with Crippen molar-refractivity contribution >= 4 is 0 Å². The largest absolute Gasteiger partial charge is 0.496 e. The second-order valence-electron chi connectivity index (χ2n) is 7.51. The van der Waals surface area contributed by atoms with Gasteiger partial charge in [0.15, 0.2) is 0 Å². The van der Waals surface area contributed by atoms with Crippen LogP contribution in [0.4, 0.5) is 0 Å². The Morgan fingerprint density at radius 1 is 1.20 bits per heavy atom. The summed E-state index contributed by atoms with van der Waals surface area (Å²) in [7, 11) is 1.69. The lowest BCUT2D eigenvalue weighted by atomic mass is 9.85. The van der Waals surface area contributed by atoms with Crippen molar-refractivity contribution in [2.45, 2.75) is 37.8 Å². The smallest absolute Gasteiger partial charge is 0.122 e. The predicted octanol–water partition coefficient (Wildman–Crippen LogP) is 1.79. The van der Waals surface area contributed by atoms with Gasteiger partial charge < -0.3 is 19.5 Å². The van der Waals surface area contributed by atoms with Gasteiger partial charge in [-0.3, -0.25) is 4.90 Å². The summed E-state index contributed by atoms with van der Waals surface area (Å²) in [5.74, 6) is 0.875. The molecule has 2 aliphatic heterocycles. The Balaban J connectivity index is 1.47. The minimum atomic E-state index is -0.614. The first-order valence-electron chi connectivity index (χ1n) is 9.48. The molecule has 25 heavy (non-hydrogen) atoms. The van der Waals surface area contributed by atoms with E-state index in [4.69, 9.17) is 9.47 Å². The van der Waals surface area contributed by atoms with Gasteiger partial charge in [0.25, 0.3) is 0 Å². The van der Waals surface area contributed by atoms with Gasteiger partial charge in [-0.15, -0.1) is 0 Å². The van der Waals surface area contributed by atoms with Crippen molar-refractivity contribution in [2.75, 3.05) is 53.0 Å². The number of likely N-dealkylation sites (tertiary alicyclic amines) is 1. The Hall–Kier alpha value is -1.14. The number of morpholine rings is 1. The van der Waals surface area contributed by atoms with Gasteiger partial charge in [0, 0.05) is 45.2 Å². The van der Waals surface area contributed by atoms with Crippen LogP contribution in [-0.4, -0.2) is 79.6 Å². The molecule has 1 N–H and O–H groups in total. The number of nitrogens with zero attached hydrogens (tertiary/aromatic N) is 2. The van der Waals surface area contributed by atoms with E-state index in [1.54, 1.807) is 7.11 Å². The first-order chi connectivity index (χ1) is 12.1. The molecule has 0 amide bonds. The third-order valence-electron chi connectivity index (χ3n) is 5.71. The summed E-state index contributed by atoms with van der Waals surface area (Å²) in [6, 6.07) is 8.53. The van der Waals surface area contributed by atoms with Crippen molar-refractivity contribution in [3.8, 4) is 5.75 Å². The van der Waals surface area contributed by atoms with Crippen molar-refractivity contribution in [1.29, 1.82) is 0 Å². The van der Waals surface area contributed by atoms with Crippen LogP contribution >= 0.6 is 0 Å². The maximum absolute atomic E-state index is 11.0. The highest BCUT2D eigenvalue weighted by atomic mass is 16.5. The van der Waals surface area contributed by atoms with Crippen molar-refractivity contribution in [3.05, 3.63) is 29.8 Å². The number of piperidine rings is 1. The van der Waals surface area contributed by atoms with Gasteiger partial charge in [0.2, 0.25) is 0 Å². The molecule has 2 aliphatic rings. The fraction of sp³-hybridized carbons (Fsp3) is 0.700. The van der Waals surface area contributed by atoms with Crippen LogP contribution in [-0.2, 0) is 11.2 Å². The summed E-state index contributed by atoms with van der Waals surface area (Å²) in [6.07, 6.45) is 2.32. The van der Waals surface area contributed by atoms with Crippen LogP contribution < -0.4 is 4.74 Å². The number of methoxy groups -OCH3 is 1. The standard InChI is InChI=1S/C20H32N2O3/c1-17-16-25-14-13-22(17)12-11-21-9-7-20(23,8-10-21)15-18-5-3-4-6-19(18)24-2/h3-6,17,23H,7-16H2,1-2H3. The van der Waals surface area contributed by atoms with E-state index in [2.05, 4.69) is 22.8 Å². The third-order valence-corrected chi connectivity index (χ3v) is 5.71. The molecule has 3 rings (SSSR count). The van der Waals surface area contributed by atoms with Crippen LogP contribution in [0.5, 0.6) is 5.75 Å². The zero-order valence-corrected chi connectivity index (χ0v) is 15.6. The average molecular weight is 348 g/mol. The second kappa shape index (κ2) is 8.49. The first kappa shape index (κ1) is 18.6. The van der Waals surface area contributed by atoms with Gasteiger partial charge in [0.05, 0.1) is 25.9 Å². The Labute approximate surface area is 151 Å². The summed E-state index contributed by atoms with van der Waals surface area (Å²) in [5, 5.41) is 11.0. The molecule has 5 heteroatoms. The predicted molar refractivity (Wildman–Crippen MR) is 99.2 cm³/mol. The Morgan fingerprint density at radius 2 is 1.96 bits per heavy atom. The molecule has 0 aromatic heterocycles. The van der Waals surface area contributed by atoms with E-state index in [-0.39, 0.29) is 0 Å². The lowest BCUT2D eigenvalue weighted by molar-refractivity contribution is -0.0309. The van der Waals surface area contributed by atoms with E-state index in [1.165, 1.54) is 0 Å². The van der Waals surface area contributed by atoms with Crippen molar-refractivity contribution in [1.82, 2.24) is 9.80 Å². The van der Waals surface area contributed by atoms with Crippen LogP contribution in [0.2, 0.25) is 0 Å². The lowest BCUT2D eigenvalue weighted by Crippen LogP contribution is -2.50. The van der Waals surface area contributed by atoms with Crippen molar-refractivity contribution < 1.29 is 14.6 Å². The average Bonchev–Trinajstić information content (AvgIpc) is 2.63. The maximum Gasteiger partial charge on any atom is 0.122 e. The number of benzene rings is 1. The van der Waals surface area contributed by atoms with Crippen LogP contribution in [0.15, 0.2) is 24.3 Å². The minimum absolute atomic E-state index is 0.515. The molecular formula is C20H32N2O3. The third kappa shape index (κ3) is 4.94. The fourth-order valence-electron chi connectivity index (χ4n) is 3.94. The quantitative estimate of drug-likeness (QED) is 0.849. The summed E-state index contributed by atoms with van der Waals surface area (Å²) in [4.78, 5) is 5.00. The number of para-hydroxylation sites is 1. The van der Waals surface area contributed by atoms with E-state index in [9.17, 15) is 5.11 Å². The molecule has 0 bridgehead atoms. The number of hydrogen-bond donors (Lipinski definition) is 1. The highest BCUT2D eigenvalue weighted by Gasteiger charge is 2.33. The molecule has 1 atom stereocenters. The lowest BCUT2D eigenvalue weighted by Gasteiger charge is -2.40. The van der Waals surface area contributed by atoms with Gasteiger partial charge in [-0.25, -0.2) is 0 Å². The molecule has 0 radical (unpaired) electrons. The number of aliphatic hydroxyl groups is 1. The van der Waals surface area contributed by atoms with Crippen LogP contribution in [0.3, 0.4) is 0 Å². The number of rotatable bonds is 6. The molecule has 140 valence electrons. The molecule has 5 nitrogen and oxygen atoms in total. The van der Waals surface area contributed by atoms with Crippen LogP contribution in [0, 0.1) is 0 Å². The molecule has 0 spiro atoms. The van der Waals surface area contributed by atoms with E-state index < -0.39 is 5.60 Å². The van der Waals surface area contributed by atoms with E-state index in [0.29, 0.717) is 12.5 Å². The van der Waals surface area contributed by atoms with E-state index >= 15 is 0 Å². The van der Waals surface area contributed by atoms with Gasteiger partial charge in [-0.2, -0.15) is 0 Å². The van der Waals surface area contributed by atoms with Gasteiger partial charge in [-0.1, -0.05) is 18.2 Å². The molecule has 0 aliphatic carbocycles. The SMILES string of the molecule is COc1ccccc1CC1(O)CCN(CCN2CCOCC2C)CC1. The van der Waals surface area contributed by atoms with E-state index in [0.717, 1.165) is 70.1 Å². The monoisotopic (exact) mass is 348 g/mol. The molecule has 1 aromatic rings. The van der Waals surface area contributed by atoms with Gasteiger partial charge in [0.1, 0.15) is 5.75 Å². The normalized spacial score (nSPS) is 25.0. The van der Waals surface area contributed by atoms with E-state index in [1.807, 2.05) is 18.2 Å². The molecule has 1 aromatic carbocycles. The fourth-order valence-corrected chi connectivity index (χ4v) is 3.94. The number of hydrogen-bond acceptors (Lipinski definition) is 5. The molecule has 2 heterocycles. The maximum atomic E-state index is 11.0. The molecule has 2 fully saturated rings. The Morgan fingerprint density at radius 3 is 2.68 bits per heavy atom. The zero-order chi connectivity index (χ0) is 17.7. The molecule has 1 unspecified atom stereocenters. The summed E-state index contributed by atoms with van der Waals surface area (Å²) < 4.78 is 10.9. The molecular weight excluding hydrogens is 316 g/mol. The van der Waals surface area contributed by atoms with Crippen molar-refractivity contribution in [2.24, 2.45) is 0 Å². The summed E-state index contributed by atoms with van der Waals surface area (Å²) >= 11 is 0. The summed E-state index contributed by atoms with van der Waals surface area (Å²) in [6.45, 7) is 9.06. The molecule has 2 saturated heterocycles. The number of ether oxygens (including phenoxy) is 2. The highest BCUT2D eigenvalue weighted by Crippen LogP contribution is 2.30. The Bertz CT molecular complexity index is 543. The Kier molecular flexibility index (Phi) is 6.34. The first-order valence-corrected chi connectivity index (χ1v) is 9.48. The second-order valence-corrected chi connectivity index (χ2v) is 7.51. The zero-order valence-electron chi connectivity index (χ0n) is 15.6. The van der Waals surface area contributed by atoms with Gasteiger partial charge >= 0.3 is 0 Å². The van der Waals surface area contributed by atoms with Crippen molar-refractivity contribution in [3.63, 3.8) is 0 Å². The highest BCUT2D eigenvalue weighted by molar-refractivity contribution is 5.34. The topological polar surface area (TPSA) is 45.2 Å².